The lowest BCUT2D eigenvalue weighted by molar-refractivity contribution is -0.137. The average Bonchev–Trinajstić information content (AvgIpc) is 2.99. The molecule has 0 aliphatic heterocycles. The predicted molar refractivity (Wildman–Crippen MR) is 94.1 cm³/mol. The molecule has 0 fully saturated rings. The van der Waals surface area contributed by atoms with Crippen LogP contribution in [0.1, 0.15) is 31.2 Å². The highest BCUT2D eigenvalue weighted by Gasteiger charge is 2.09. The van der Waals surface area contributed by atoms with Gasteiger partial charge in [-0.2, -0.15) is 0 Å². The van der Waals surface area contributed by atoms with Crippen LogP contribution < -0.4 is 10.6 Å². The molecule has 2 rings (SSSR count). The number of hydrogen-bond acceptors (Lipinski definition) is 3. The van der Waals surface area contributed by atoms with Gasteiger partial charge in [0, 0.05) is 30.1 Å². The minimum absolute atomic E-state index is 0.0592. The third-order valence-corrected chi connectivity index (χ3v) is 3.86. The van der Waals surface area contributed by atoms with Gasteiger partial charge in [0.05, 0.1) is 13.0 Å². The molecule has 0 saturated heterocycles. The fraction of sp³-hybridized carbons (Fsp3) is 0.389. The van der Waals surface area contributed by atoms with Crippen molar-refractivity contribution < 1.29 is 19.5 Å². The Labute approximate surface area is 145 Å². The van der Waals surface area contributed by atoms with Crippen LogP contribution in [-0.2, 0) is 20.8 Å². The molecule has 7 heteroatoms. The topological polar surface area (TPSA) is 111 Å². The van der Waals surface area contributed by atoms with E-state index in [2.05, 4.69) is 15.6 Å². The van der Waals surface area contributed by atoms with E-state index in [0.717, 1.165) is 29.3 Å². The lowest BCUT2D eigenvalue weighted by atomic mass is 10.1. The molecule has 4 N–H and O–H groups in total. The van der Waals surface area contributed by atoms with Gasteiger partial charge in [-0.3, -0.25) is 14.4 Å². The van der Waals surface area contributed by atoms with Crippen molar-refractivity contribution in [3.05, 3.63) is 36.0 Å². The van der Waals surface area contributed by atoms with E-state index in [-0.39, 0.29) is 31.2 Å². The summed E-state index contributed by atoms with van der Waals surface area (Å²) in [7, 11) is 0. The Morgan fingerprint density at radius 2 is 1.80 bits per heavy atom. The molecule has 0 bridgehead atoms. The number of H-pyrrole nitrogens is 1. The van der Waals surface area contributed by atoms with Crippen LogP contribution in [0.4, 0.5) is 0 Å². The lowest BCUT2D eigenvalue weighted by Gasteiger charge is -2.06. The van der Waals surface area contributed by atoms with E-state index in [1.165, 1.54) is 0 Å². The zero-order valence-electron chi connectivity index (χ0n) is 14.0. The van der Waals surface area contributed by atoms with Crippen LogP contribution in [0, 0.1) is 0 Å². The molecule has 134 valence electrons. The van der Waals surface area contributed by atoms with Crippen molar-refractivity contribution in [1.29, 1.82) is 0 Å². The molecule has 2 amide bonds. The number of aliphatic carboxylic acids is 1. The van der Waals surface area contributed by atoms with Crippen molar-refractivity contribution in [2.24, 2.45) is 0 Å². The highest BCUT2D eigenvalue weighted by atomic mass is 16.4. The molecular weight excluding hydrogens is 322 g/mol. The number of benzene rings is 1. The second-order valence-corrected chi connectivity index (χ2v) is 5.87. The molecule has 0 unspecified atom stereocenters. The fourth-order valence-corrected chi connectivity index (χ4v) is 2.56. The van der Waals surface area contributed by atoms with E-state index in [4.69, 9.17) is 5.11 Å². The van der Waals surface area contributed by atoms with Gasteiger partial charge < -0.3 is 20.7 Å². The minimum Gasteiger partial charge on any atom is -0.481 e. The number of rotatable bonds is 10. The Hall–Kier alpha value is -2.83. The molecule has 0 radical (unpaired) electrons. The minimum atomic E-state index is -0.804. The van der Waals surface area contributed by atoms with Crippen LogP contribution in [0.15, 0.2) is 30.5 Å². The summed E-state index contributed by atoms with van der Waals surface area (Å²) in [5.74, 6) is -1.26. The van der Waals surface area contributed by atoms with Gasteiger partial charge in [-0.05, 0) is 24.5 Å². The number of para-hydroxylation sites is 1. The molecule has 1 heterocycles. The van der Waals surface area contributed by atoms with Crippen molar-refractivity contribution >= 4 is 28.7 Å². The van der Waals surface area contributed by atoms with E-state index >= 15 is 0 Å². The smallest absolute Gasteiger partial charge is 0.303 e. The molecule has 7 nitrogen and oxygen atoms in total. The number of nitrogens with one attached hydrogen (secondary N) is 3. The van der Waals surface area contributed by atoms with Crippen molar-refractivity contribution in [1.82, 2.24) is 15.6 Å². The Balaban J connectivity index is 1.63. The Bertz CT molecular complexity index is 739. The fourth-order valence-electron chi connectivity index (χ4n) is 2.56. The summed E-state index contributed by atoms with van der Waals surface area (Å²) in [5, 5.41) is 14.8. The van der Waals surface area contributed by atoms with Gasteiger partial charge in [0.2, 0.25) is 11.8 Å². The van der Waals surface area contributed by atoms with Gasteiger partial charge in [-0.1, -0.05) is 24.6 Å². The summed E-state index contributed by atoms with van der Waals surface area (Å²) in [6.07, 6.45) is 4.25. The largest absolute Gasteiger partial charge is 0.481 e. The molecule has 25 heavy (non-hydrogen) atoms. The monoisotopic (exact) mass is 345 g/mol. The van der Waals surface area contributed by atoms with Gasteiger partial charge >= 0.3 is 5.97 Å². The van der Waals surface area contributed by atoms with E-state index in [0.29, 0.717) is 13.0 Å². The highest BCUT2D eigenvalue weighted by molar-refractivity contribution is 5.90. The zero-order valence-corrected chi connectivity index (χ0v) is 14.0. The molecule has 0 spiro atoms. The first-order chi connectivity index (χ1) is 12.1. The predicted octanol–water partition coefficient (Wildman–Crippen LogP) is 1.59. The summed E-state index contributed by atoms with van der Waals surface area (Å²) in [6, 6.07) is 7.74. The van der Waals surface area contributed by atoms with Crippen molar-refractivity contribution in [3.8, 4) is 0 Å². The number of fused-ring (bicyclic) bond motifs is 1. The lowest BCUT2D eigenvalue weighted by Crippen LogP contribution is -2.37. The number of carboxylic acid groups (broad SMARTS) is 1. The SMILES string of the molecule is O=C(O)CCCCCNC(=O)CNC(=O)Cc1c[nH]c2ccccc12. The first-order valence-electron chi connectivity index (χ1n) is 8.36. The van der Waals surface area contributed by atoms with E-state index in [9.17, 15) is 14.4 Å². The quantitative estimate of drug-likeness (QED) is 0.490. The molecule has 0 aliphatic carbocycles. The summed E-state index contributed by atoms with van der Waals surface area (Å²) >= 11 is 0. The maximum Gasteiger partial charge on any atom is 0.303 e. The van der Waals surface area contributed by atoms with Crippen LogP contribution >= 0.6 is 0 Å². The maximum atomic E-state index is 12.0. The number of carboxylic acids is 1. The first-order valence-corrected chi connectivity index (χ1v) is 8.36. The number of carbonyl (C=O) groups excluding carboxylic acids is 2. The summed E-state index contributed by atoms with van der Waals surface area (Å²) in [5.41, 5.74) is 1.87. The second kappa shape index (κ2) is 9.46. The number of unbranched alkanes of at least 4 members (excludes halogenated alkanes) is 2. The number of aromatic amines is 1. The van der Waals surface area contributed by atoms with Crippen LogP contribution in [0.3, 0.4) is 0 Å². The number of hydrogen-bond donors (Lipinski definition) is 4. The second-order valence-electron chi connectivity index (χ2n) is 5.87. The van der Waals surface area contributed by atoms with Crippen LogP contribution in [0.5, 0.6) is 0 Å². The maximum absolute atomic E-state index is 12.0. The highest BCUT2D eigenvalue weighted by Crippen LogP contribution is 2.17. The molecule has 1 aromatic heterocycles. The Morgan fingerprint density at radius 3 is 2.60 bits per heavy atom. The molecular formula is C18H23N3O4. The molecule has 0 saturated carbocycles. The number of aromatic nitrogens is 1. The third kappa shape index (κ3) is 6.29. The van der Waals surface area contributed by atoms with E-state index < -0.39 is 5.97 Å². The van der Waals surface area contributed by atoms with Crippen LogP contribution in [0.2, 0.25) is 0 Å². The first kappa shape index (κ1) is 18.5. The summed E-state index contributed by atoms with van der Waals surface area (Å²) in [4.78, 5) is 37.1. The van der Waals surface area contributed by atoms with Crippen molar-refractivity contribution in [2.45, 2.75) is 32.1 Å². The Kier molecular flexibility index (Phi) is 7.00. The van der Waals surface area contributed by atoms with Crippen LogP contribution in [-0.4, -0.2) is 41.0 Å². The number of carbonyl (C=O) groups is 3. The van der Waals surface area contributed by atoms with E-state index in [1.807, 2.05) is 24.3 Å². The molecule has 0 atom stereocenters. The summed E-state index contributed by atoms with van der Waals surface area (Å²) < 4.78 is 0. The number of amides is 2. The standard InChI is InChI=1S/C18H23N3O4/c22-16(10-13-11-20-15-7-4-3-6-14(13)15)21-12-17(23)19-9-5-1-2-8-18(24)25/h3-4,6-7,11,20H,1-2,5,8-10,12H2,(H,19,23)(H,21,22)(H,24,25). The third-order valence-electron chi connectivity index (χ3n) is 3.86. The normalized spacial score (nSPS) is 10.6. The van der Waals surface area contributed by atoms with Gasteiger partial charge in [-0.25, -0.2) is 0 Å². The van der Waals surface area contributed by atoms with Gasteiger partial charge in [0.15, 0.2) is 0 Å². The van der Waals surface area contributed by atoms with Crippen LogP contribution in [0.25, 0.3) is 10.9 Å². The van der Waals surface area contributed by atoms with E-state index in [1.54, 1.807) is 6.20 Å². The van der Waals surface area contributed by atoms with Crippen molar-refractivity contribution in [2.75, 3.05) is 13.1 Å². The van der Waals surface area contributed by atoms with Gasteiger partial charge in [0.1, 0.15) is 0 Å². The van der Waals surface area contributed by atoms with Crippen molar-refractivity contribution in [3.63, 3.8) is 0 Å². The Morgan fingerprint density at radius 1 is 1.00 bits per heavy atom. The molecule has 2 aromatic rings. The van der Waals surface area contributed by atoms with Gasteiger partial charge in [-0.15, -0.1) is 0 Å². The molecule has 1 aromatic carbocycles. The average molecular weight is 345 g/mol. The molecule has 0 aliphatic rings. The zero-order chi connectivity index (χ0) is 18.1. The summed E-state index contributed by atoms with van der Waals surface area (Å²) in [6.45, 7) is 0.424. The van der Waals surface area contributed by atoms with Gasteiger partial charge in [0.25, 0.3) is 0 Å².